The molecule has 1 aliphatic rings. The Hall–Kier alpha value is -2.24. The minimum absolute atomic E-state index is 0.592. The first-order valence-electron chi connectivity index (χ1n) is 8.41. The zero-order valence-corrected chi connectivity index (χ0v) is 14.7. The minimum atomic E-state index is 0.592. The molecule has 0 unspecified atom stereocenters. The third-order valence-electron chi connectivity index (χ3n) is 4.56. The summed E-state index contributed by atoms with van der Waals surface area (Å²) in [4.78, 5) is 2.45. The van der Waals surface area contributed by atoms with E-state index in [0.717, 1.165) is 24.2 Å². The summed E-state index contributed by atoms with van der Waals surface area (Å²) in [7, 11) is 0. The van der Waals surface area contributed by atoms with E-state index in [2.05, 4.69) is 36.1 Å². The Bertz CT molecular complexity index is 796. The fourth-order valence-corrected chi connectivity index (χ4v) is 3.41. The summed E-state index contributed by atoms with van der Waals surface area (Å²) in [6, 6.07) is 16.2. The van der Waals surface area contributed by atoms with Crippen molar-refractivity contribution in [3.8, 4) is 6.07 Å². The summed E-state index contributed by atoms with van der Waals surface area (Å²) in [6.07, 6.45) is 5.80. The number of piperidine rings is 1. The smallest absolute Gasteiger partial charge is 0.0998 e. The molecule has 1 aliphatic heterocycles. The van der Waals surface area contributed by atoms with E-state index in [1.54, 1.807) is 0 Å². The Morgan fingerprint density at radius 1 is 1.12 bits per heavy atom. The molecule has 0 spiro atoms. The molecule has 1 heterocycles. The van der Waals surface area contributed by atoms with Crippen molar-refractivity contribution in [2.24, 2.45) is 0 Å². The van der Waals surface area contributed by atoms with Gasteiger partial charge in [0, 0.05) is 29.4 Å². The number of nitrogens with zero attached hydrogens (tertiary/aromatic N) is 2. The van der Waals surface area contributed by atoms with E-state index in [-0.39, 0.29) is 0 Å². The molecule has 0 aromatic heterocycles. The van der Waals surface area contributed by atoms with Crippen LogP contribution in [0.25, 0.3) is 11.6 Å². The summed E-state index contributed by atoms with van der Waals surface area (Å²) in [5.74, 6) is 0. The number of nitriles is 1. The number of allylic oxidation sites excluding steroid dienone is 1. The summed E-state index contributed by atoms with van der Waals surface area (Å²) in [6.45, 7) is 4.37. The topological polar surface area (TPSA) is 27.0 Å². The van der Waals surface area contributed by atoms with Crippen LogP contribution in [0.4, 0.5) is 5.69 Å². The van der Waals surface area contributed by atoms with Gasteiger partial charge in [0.1, 0.15) is 0 Å². The van der Waals surface area contributed by atoms with Gasteiger partial charge in [-0.15, -0.1) is 0 Å². The lowest BCUT2D eigenvalue weighted by Crippen LogP contribution is -2.29. The van der Waals surface area contributed by atoms with Crippen LogP contribution in [0.5, 0.6) is 0 Å². The monoisotopic (exact) mass is 336 g/mol. The summed E-state index contributed by atoms with van der Waals surface area (Å²) in [5.41, 5.74) is 4.89. The van der Waals surface area contributed by atoms with Crippen molar-refractivity contribution >= 4 is 28.9 Å². The standard InChI is InChI=1S/C21H21ClN2/c1-16-13-19(24-11-5-2-6-12-24)10-9-17(16)14-18(15-23)20-7-3-4-8-21(20)22/h3-4,7-10,13-14H,2,5-6,11-12H2,1H3. The molecule has 0 aliphatic carbocycles. The predicted octanol–water partition coefficient (Wildman–Crippen LogP) is 5.70. The lowest BCUT2D eigenvalue weighted by atomic mass is 10.00. The molecule has 1 fully saturated rings. The molecule has 24 heavy (non-hydrogen) atoms. The second-order valence-corrected chi connectivity index (χ2v) is 6.65. The average molecular weight is 337 g/mol. The highest BCUT2D eigenvalue weighted by Gasteiger charge is 2.12. The number of hydrogen-bond donors (Lipinski definition) is 0. The Morgan fingerprint density at radius 3 is 2.54 bits per heavy atom. The van der Waals surface area contributed by atoms with E-state index in [1.807, 2.05) is 30.3 Å². The van der Waals surface area contributed by atoms with Crippen molar-refractivity contribution in [3.05, 3.63) is 64.2 Å². The van der Waals surface area contributed by atoms with Crippen LogP contribution in [0.3, 0.4) is 0 Å². The molecular formula is C21H21ClN2. The van der Waals surface area contributed by atoms with Crippen LogP contribution in [0.15, 0.2) is 42.5 Å². The molecule has 2 nitrogen and oxygen atoms in total. The van der Waals surface area contributed by atoms with Gasteiger partial charge in [0.05, 0.1) is 11.6 Å². The maximum Gasteiger partial charge on any atom is 0.0998 e. The fourth-order valence-electron chi connectivity index (χ4n) is 3.18. The van der Waals surface area contributed by atoms with Crippen LogP contribution >= 0.6 is 11.6 Å². The third-order valence-corrected chi connectivity index (χ3v) is 4.89. The van der Waals surface area contributed by atoms with Crippen molar-refractivity contribution in [2.45, 2.75) is 26.2 Å². The first kappa shape index (κ1) is 16.6. The van der Waals surface area contributed by atoms with Crippen LogP contribution in [-0.2, 0) is 0 Å². The van der Waals surface area contributed by atoms with Crippen LogP contribution < -0.4 is 4.90 Å². The van der Waals surface area contributed by atoms with Gasteiger partial charge in [-0.3, -0.25) is 0 Å². The molecule has 2 aromatic rings. The molecular weight excluding hydrogens is 316 g/mol. The normalized spacial score (nSPS) is 15.2. The van der Waals surface area contributed by atoms with E-state index in [1.165, 1.54) is 30.5 Å². The lowest BCUT2D eigenvalue weighted by Gasteiger charge is -2.29. The second-order valence-electron chi connectivity index (χ2n) is 6.24. The zero-order chi connectivity index (χ0) is 16.9. The third kappa shape index (κ3) is 3.63. The van der Waals surface area contributed by atoms with E-state index in [0.29, 0.717) is 10.6 Å². The van der Waals surface area contributed by atoms with Crippen LogP contribution in [-0.4, -0.2) is 13.1 Å². The average Bonchev–Trinajstić information content (AvgIpc) is 2.62. The van der Waals surface area contributed by atoms with E-state index in [9.17, 15) is 5.26 Å². The zero-order valence-electron chi connectivity index (χ0n) is 13.9. The number of benzene rings is 2. The summed E-state index contributed by atoms with van der Waals surface area (Å²) < 4.78 is 0. The molecule has 122 valence electrons. The maximum atomic E-state index is 9.53. The maximum absolute atomic E-state index is 9.53. The number of anilines is 1. The van der Waals surface area contributed by atoms with Gasteiger partial charge >= 0.3 is 0 Å². The van der Waals surface area contributed by atoms with Crippen molar-refractivity contribution in [2.75, 3.05) is 18.0 Å². The molecule has 0 atom stereocenters. The van der Waals surface area contributed by atoms with Crippen LogP contribution in [0, 0.1) is 18.3 Å². The Kier molecular flexibility index (Phi) is 5.23. The van der Waals surface area contributed by atoms with Gasteiger partial charge in [0.15, 0.2) is 0 Å². The Balaban J connectivity index is 1.91. The van der Waals surface area contributed by atoms with Gasteiger partial charge < -0.3 is 4.90 Å². The Morgan fingerprint density at radius 2 is 1.88 bits per heavy atom. The molecule has 0 N–H and O–H groups in total. The molecule has 3 heteroatoms. The first-order chi connectivity index (χ1) is 11.7. The van der Waals surface area contributed by atoms with Gasteiger partial charge in [-0.1, -0.05) is 35.9 Å². The second kappa shape index (κ2) is 7.55. The van der Waals surface area contributed by atoms with Gasteiger partial charge in [0.2, 0.25) is 0 Å². The van der Waals surface area contributed by atoms with Gasteiger partial charge in [-0.25, -0.2) is 0 Å². The first-order valence-corrected chi connectivity index (χ1v) is 8.79. The Labute approximate surface area is 149 Å². The molecule has 2 aromatic carbocycles. The highest BCUT2D eigenvalue weighted by Crippen LogP contribution is 2.28. The minimum Gasteiger partial charge on any atom is -0.372 e. The van der Waals surface area contributed by atoms with Crippen LogP contribution in [0.2, 0.25) is 5.02 Å². The van der Waals surface area contributed by atoms with Crippen molar-refractivity contribution in [3.63, 3.8) is 0 Å². The number of hydrogen-bond acceptors (Lipinski definition) is 2. The summed E-state index contributed by atoms with van der Waals surface area (Å²) in [5, 5.41) is 10.1. The van der Waals surface area contributed by atoms with Gasteiger partial charge in [-0.2, -0.15) is 5.26 Å². The molecule has 3 rings (SSSR count). The lowest BCUT2D eigenvalue weighted by molar-refractivity contribution is 0.578. The van der Waals surface area contributed by atoms with Crippen molar-refractivity contribution in [1.82, 2.24) is 0 Å². The number of halogens is 1. The number of aryl methyl sites for hydroxylation is 1. The highest BCUT2D eigenvalue weighted by molar-refractivity contribution is 6.32. The molecule has 0 radical (unpaired) electrons. The SMILES string of the molecule is Cc1cc(N2CCCCC2)ccc1C=C(C#N)c1ccccc1Cl. The molecule has 1 saturated heterocycles. The predicted molar refractivity (Wildman–Crippen MR) is 102 cm³/mol. The largest absolute Gasteiger partial charge is 0.372 e. The van der Waals surface area contributed by atoms with Gasteiger partial charge in [-0.05, 0) is 61.6 Å². The quantitative estimate of drug-likeness (QED) is 0.530. The molecule has 0 saturated carbocycles. The van der Waals surface area contributed by atoms with Crippen LogP contribution in [0.1, 0.15) is 36.0 Å². The highest BCUT2D eigenvalue weighted by atomic mass is 35.5. The fraction of sp³-hybridized carbons (Fsp3) is 0.286. The van der Waals surface area contributed by atoms with E-state index < -0.39 is 0 Å². The molecule has 0 amide bonds. The molecule has 0 bridgehead atoms. The van der Waals surface area contributed by atoms with Gasteiger partial charge in [0.25, 0.3) is 0 Å². The van der Waals surface area contributed by atoms with Crippen molar-refractivity contribution in [1.29, 1.82) is 5.26 Å². The number of rotatable bonds is 3. The van der Waals surface area contributed by atoms with Crippen molar-refractivity contribution < 1.29 is 0 Å². The van der Waals surface area contributed by atoms with E-state index in [4.69, 9.17) is 11.6 Å². The summed E-state index contributed by atoms with van der Waals surface area (Å²) >= 11 is 6.23. The van der Waals surface area contributed by atoms with E-state index >= 15 is 0 Å².